The first kappa shape index (κ1) is 18.7. The zero-order valence-electron chi connectivity index (χ0n) is 13.2. The molecule has 2 rings (SSSR count). The van der Waals surface area contributed by atoms with Gasteiger partial charge in [-0.2, -0.15) is 13.2 Å². The predicted molar refractivity (Wildman–Crippen MR) is 76.9 cm³/mol. The summed E-state index contributed by atoms with van der Waals surface area (Å²) in [5.74, 6) is -5.35. The van der Waals surface area contributed by atoms with Gasteiger partial charge in [0.2, 0.25) is 0 Å². The molecule has 3 atom stereocenters. The summed E-state index contributed by atoms with van der Waals surface area (Å²) < 4.78 is 48.9. The number of esters is 2. The van der Waals surface area contributed by atoms with E-state index in [-0.39, 0.29) is 5.56 Å². The molecule has 0 radical (unpaired) electrons. The molecule has 0 spiro atoms. The number of benzene rings is 1. The highest BCUT2D eigenvalue weighted by Gasteiger charge is 2.61. The number of hydrogen-bond donors (Lipinski definition) is 1. The van der Waals surface area contributed by atoms with Crippen molar-refractivity contribution in [1.82, 2.24) is 10.4 Å². The average molecular weight is 360 g/mol. The van der Waals surface area contributed by atoms with Crippen LogP contribution in [0.3, 0.4) is 0 Å². The van der Waals surface area contributed by atoms with Crippen LogP contribution < -0.4 is 5.43 Å². The minimum Gasteiger partial charge on any atom is -0.469 e. The van der Waals surface area contributed by atoms with Gasteiger partial charge in [0.25, 0.3) is 5.91 Å². The third-order valence-electron chi connectivity index (χ3n) is 3.76. The van der Waals surface area contributed by atoms with Gasteiger partial charge >= 0.3 is 18.1 Å². The number of hydrazine groups is 1. The fourth-order valence-corrected chi connectivity index (χ4v) is 2.61. The number of alkyl halides is 3. The van der Waals surface area contributed by atoms with E-state index in [2.05, 4.69) is 9.47 Å². The smallest absolute Gasteiger partial charge is 0.406 e. The molecule has 136 valence electrons. The van der Waals surface area contributed by atoms with Crippen molar-refractivity contribution >= 4 is 17.8 Å². The fraction of sp³-hybridized carbons (Fsp3) is 0.400. The summed E-state index contributed by atoms with van der Waals surface area (Å²) in [5, 5.41) is 0.473. The maximum Gasteiger partial charge on any atom is 0.406 e. The molecule has 0 aliphatic carbocycles. The van der Waals surface area contributed by atoms with Crippen molar-refractivity contribution in [2.45, 2.75) is 18.3 Å². The van der Waals surface area contributed by atoms with Crippen LogP contribution in [-0.4, -0.2) is 55.3 Å². The molecule has 7 nitrogen and oxygen atoms in total. The molecule has 1 amide bonds. The lowest BCUT2D eigenvalue weighted by Gasteiger charge is -2.23. The highest BCUT2D eigenvalue weighted by Crippen LogP contribution is 2.35. The maximum absolute atomic E-state index is 13.3. The third kappa shape index (κ3) is 3.58. The molecular weight excluding hydrogens is 345 g/mol. The molecule has 1 aliphatic rings. The number of hydrogen-bond acceptors (Lipinski definition) is 6. The molecule has 1 aromatic rings. The molecule has 1 aromatic carbocycles. The number of carbonyl (C=O) groups is 3. The molecule has 0 aromatic heterocycles. The van der Waals surface area contributed by atoms with Gasteiger partial charge in [0.05, 0.1) is 14.2 Å². The Bertz CT molecular complexity index is 665. The minimum atomic E-state index is -4.91. The summed E-state index contributed by atoms with van der Waals surface area (Å²) in [4.78, 5) is 36.5. The number of nitrogens with one attached hydrogen (secondary N) is 1. The van der Waals surface area contributed by atoms with E-state index in [4.69, 9.17) is 0 Å². The van der Waals surface area contributed by atoms with Crippen molar-refractivity contribution in [3.63, 3.8) is 0 Å². The Morgan fingerprint density at radius 2 is 1.60 bits per heavy atom. The van der Waals surface area contributed by atoms with Crippen molar-refractivity contribution < 1.29 is 37.0 Å². The number of carbonyl (C=O) groups excluding carboxylic acids is 3. The quantitative estimate of drug-likeness (QED) is 0.807. The van der Waals surface area contributed by atoms with Crippen molar-refractivity contribution in [1.29, 1.82) is 0 Å². The predicted octanol–water partition coefficient (Wildman–Crippen LogP) is 0.909. The zero-order valence-corrected chi connectivity index (χ0v) is 13.2. The van der Waals surface area contributed by atoms with E-state index in [0.29, 0.717) is 5.01 Å². The van der Waals surface area contributed by atoms with Crippen molar-refractivity contribution in [3.05, 3.63) is 35.9 Å². The first-order valence-electron chi connectivity index (χ1n) is 7.09. The number of halogens is 3. The molecular formula is C15H15F3N2O5. The van der Waals surface area contributed by atoms with Crippen molar-refractivity contribution in [2.24, 2.45) is 5.92 Å². The van der Waals surface area contributed by atoms with Gasteiger partial charge in [0.15, 0.2) is 6.04 Å². The molecule has 1 aliphatic heterocycles. The molecule has 0 saturated carbocycles. The van der Waals surface area contributed by atoms with Crippen molar-refractivity contribution in [2.75, 3.05) is 14.2 Å². The number of nitrogens with zero attached hydrogens (tertiary/aromatic N) is 1. The Balaban J connectivity index is 2.49. The fourth-order valence-electron chi connectivity index (χ4n) is 2.61. The standard InChI is InChI=1S/C15H15F3N2O5/c1-24-13(22)9-10(14(23)25-2)20(19-11(9)15(16,17)18)12(21)8-6-4-3-5-7-8/h3-7,9-11,19H,1-2H3/t9-,10+,11-/m1/s1. The van der Waals surface area contributed by atoms with Crippen LogP contribution in [-0.2, 0) is 19.1 Å². The van der Waals surface area contributed by atoms with Gasteiger partial charge in [-0.25, -0.2) is 10.2 Å². The molecule has 0 unspecified atom stereocenters. The zero-order chi connectivity index (χ0) is 18.8. The Hall–Kier alpha value is -2.62. The van der Waals surface area contributed by atoms with Gasteiger partial charge in [-0.05, 0) is 12.1 Å². The van der Waals surface area contributed by atoms with E-state index in [1.54, 1.807) is 6.07 Å². The van der Waals surface area contributed by atoms with Crippen molar-refractivity contribution in [3.8, 4) is 0 Å². The lowest BCUT2D eigenvalue weighted by Crippen LogP contribution is -2.49. The Kier molecular flexibility index (Phi) is 5.31. The number of rotatable bonds is 3. The van der Waals surface area contributed by atoms with E-state index in [0.717, 1.165) is 14.2 Å². The van der Waals surface area contributed by atoms with Gasteiger partial charge in [-0.1, -0.05) is 18.2 Å². The summed E-state index contributed by atoms with van der Waals surface area (Å²) in [6.45, 7) is 0. The van der Waals surface area contributed by atoms with Gasteiger partial charge in [-0.15, -0.1) is 0 Å². The van der Waals surface area contributed by atoms with Crippen LogP contribution in [0.2, 0.25) is 0 Å². The summed E-state index contributed by atoms with van der Waals surface area (Å²) in [7, 11) is 1.84. The highest BCUT2D eigenvalue weighted by molar-refractivity contribution is 5.98. The normalized spacial score (nSPS) is 23.2. The van der Waals surface area contributed by atoms with E-state index in [1.165, 1.54) is 24.3 Å². The van der Waals surface area contributed by atoms with E-state index in [1.807, 2.05) is 5.43 Å². The molecule has 1 heterocycles. The molecule has 1 fully saturated rings. The average Bonchev–Trinajstić information content (AvgIpc) is 3.01. The lowest BCUT2D eigenvalue weighted by molar-refractivity contribution is -0.177. The van der Waals surface area contributed by atoms with Crippen LogP contribution >= 0.6 is 0 Å². The van der Waals surface area contributed by atoms with Crippen LogP contribution in [0.15, 0.2) is 30.3 Å². The molecule has 10 heteroatoms. The summed E-state index contributed by atoms with van der Waals surface area (Å²) in [5.41, 5.74) is 1.95. The first-order chi connectivity index (χ1) is 11.7. The van der Waals surface area contributed by atoms with Crippen LogP contribution in [0, 0.1) is 5.92 Å². The van der Waals surface area contributed by atoms with E-state index >= 15 is 0 Å². The lowest BCUT2D eigenvalue weighted by atomic mass is 9.93. The van der Waals surface area contributed by atoms with Crippen LogP contribution in [0.1, 0.15) is 10.4 Å². The molecule has 1 saturated heterocycles. The van der Waals surface area contributed by atoms with Crippen LogP contribution in [0.5, 0.6) is 0 Å². The van der Waals surface area contributed by atoms with Crippen LogP contribution in [0.25, 0.3) is 0 Å². The van der Waals surface area contributed by atoms with E-state index < -0.39 is 42.0 Å². The second-order valence-electron chi connectivity index (χ2n) is 5.21. The molecule has 25 heavy (non-hydrogen) atoms. The number of amides is 1. The third-order valence-corrected chi connectivity index (χ3v) is 3.76. The number of ether oxygens (including phenoxy) is 2. The second kappa shape index (κ2) is 7.09. The monoisotopic (exact) mass is 360 g/mol. The van der Waals surface area contributed by atoms with E-state index in [9.17, 15) is 27.6 Å². The first-order valence-corrected chi connectivity index (χ1v) is 7.09. The number of methoxy groups -OCH3 is 2. The largest absolute Gasteiger partial charge is 0.469 e. The van der Waals surface area contributed by atoms with Gasteiger partial charge in [-0.3, -0.25) is 14.6 Å². The summed E-state index contributed by atoms with van der Waals surface area (Å²) in [6.07, 6.45) is -4.91. The molecule has 1 N–H and O–H groups in total. The molecule has 0 bridgehead atoms. The van der Waals surface area contributed by atoms with Gasteiger partial charge in [0, 0.05) is 5.56 Å². The van der Waals surface area contributed by atoms with Gasteiger partial charge in [0.1, 0.15) is 12.0 Å². The Morgan fingerprint density at radius 1 is 1.04 bits per heavy atom. The topological polar surface area (TPSA) is 84.9 Å². The van der Waals surface area contributed by atoms with Crippen LogP contribution in [0.4, 0.5) is 13.2 Å². The highest BCUT2D eigenvalue weighted by atomic mass is 19.4. The maximum atomic E-state index is 13.3. The SMILES string of the molecule is COC(=O)[C@@H]1[C@@H](C(=O)OC)N(C(=O)c2ccccc2)N[C@H]1C(F)(F)F. The second-order valence-corrected chi connectivity index (χ2v) is 5.21. The van der Waals surface area contributed by atoms with Gasteiger partial charge < -0.3 is 9.47 Å². The summed E-state index contributed by atoms with van der Waals surface area (Å²) >= 11 is 0. The Morgan fingerprint density at radius 3 is 2.08 bits per heavy atom. The Labute approximate surface area is 140 Å². The summed E-state index contributed by atoms with van der Waals surface area (Å²) in [6, 6.07) is 3.07. The minimum absolute atomic E-state index is 0.0374.